The molecule has 0 spiro atoms. The summed E-state index contributed by atoms with van der Waals surface area (Å²) >= 11 is 7.43. The molecule has 0 aliphatic heterocycles. The molecule has 0 unspecified atom stereocenters. The lowest BCUT2D eigenvalue weighted by molar-refractivity contribution is 0.391. The Morgan fingerprint density at radius 2 is 2.00 bits per heavy atom. The molecule has 0 atom stereocenters. The van der Waals surface area contributed by atoms with Crippen molar-refractivity contribution in [3.63, 3.8) is 0 Å². The number of aromatic nitrogens is 4. The maximum absolute atomic E-state index is 12.8. The van der Waals surface area contributed by atoms with Gasteiger partial charge in [0.15, 0.2) is 5.16 Å². The average Bonchev–Trinajstić information content (AvgIpc) is 3.18. The van der Waals surface area contributed by atoms with Crippen molar-refractivity contribution in [1.29, 1.82) is 0 Å². The Labute approximate surface area is 170 Å². The molecule has 6 nitrogen and oxygen atoms in total. The van der Waals surface area contributed by atoms with E-state index in [0.29, 0.717) is 45.1 Å². The molecule has 0 saturated carbocycles. The van der Waals surface area contributed by atoms with E-state index in [2.05, 4.69) is 15.1 Å². The van der Waals surface area contributed by atoms with E-state index in [1.807, 2.05) is 37.3 Å². The summed E-state index contributed by atoms with van der Waals surface area (Å²) in [6.45, 7) is 2.64. The Kier molecular flexibility index (Phi) is 5.45. The second-order valence-corrected chi connectivity index (χ2v) is 7.56. The minimum absolute atomic E-state index is 0.0277. The number of hydrogen-bond acceptors (Lipinski definition) is 6. The molecule has 8 heteroatoms. The second kappa shape index (κ2) is 8.16. The molecule has 28 heavy (non-hydrogen) atoms. The van der Waals surface area contributed by atoms with Crippen molar-refractivity contribution in [3.8, 4) is 11.4 Å². The molecule has 142 valence electrons. The summed E-state index contributed by atoms with van der Waals surface area (Å²) < 4.78 is 7.07. The largest absolute Gasteiger partial charge is 0.338 e. The van der Waals surface area contributed by atoms with Crippen LogP contribution in [-0.4, -0.2) is 19.7 Å². The van der Waals surface area contributed by atoms with Crippen LogP contribution in [0.3, 0.4) is 0 Å². The number of hydrogen-bond donors (Lipinski definition) is 0. The smallest absolute Gasteiger partial charge is 0.262 e. The Hall–Kier alpha value is -2.64. The third-order valence-electron chi connectivity index (χ3n) is 4.15. The Bertz CT molecular complexity index is 1190. The van der Waals surface area contributed by atoms with Crippen LogP contribution in [0.25, 0.3) is 22.3 Å². The van der Waals surface area contributed by atoms with Gasteiger partial charge in [-0.1, -0.05) is 59.7 Å². The molecular formula is C20H17ClN4O2S. The van der Waals surface area contributed by atoms with Gasteiger partial charge in [-0.15, -0.1) is 0 Å². The molecule has 0 aliphatic carbocycles. The maximum Gasteiger partial charge on any atom is 0.262 e. The Morgan fingerprint density at radius 1 is 1.14 bits per heavy atom. The van der Waals surface area contributed by atoms with Crippen LogP contribution in [0.4, 0.5) is 0 Å². The van der Waals surface area contributed by atoms with E-state index < -0.39 is 0 Å². The monoisotopic (exact) mass is 412 g/mol. The fourth-order valence-corrected chi connectivity index (χ4v) is 3.92. The van der Waals surface area contributed by atoms with Crippen molar-refractivity contribution in [2.75, 3.05) is 0 Å². The summed E-state index contributed by atoms with van der Waals surface area (Å²) in [6.07, 6.45) is 0.840. The summed E-state index contributed by atoms with van der Waals surface area (Å²) in [4.78, 5) is 21.9. The summed E-state index contributed by atoms with van der Waals surface area (Å²) in [5.41, 5.74) is 1.45. The van der Waals surface area contributed by atoms with Crippen molar-refractivity contribution in [3.05, 3.63) is 69.8 Å². The molecule has 0 saturated heterocycles. The number of thioether (sulfide) groups is 1. The Balaban J connectivity index is 1.61. The van der Waals surface area contributed by atoms with Crippen LogP contribution in [0, 0.1) is 0 Å². The molecule has 0 radical (unpaired) electrons. The van der Waals surface area contributed by atoms with Gasteiger partial charge in [-0.2, -0.15) is 4.98 Å². The fourth-order valence-electron chi connectivity index (χ4n) is 2.86. The molecular weight excluding hydrogens is 396 g/mol. The zero-order valence-electron chi connectivity index (χ0n) is 15.1. The van der Waals surface area contributed by atoms with Gasteiger partial charge in [-0.3, -0.25) is 9.36 Å². The van der Waals surface area contributed by atoms with E-state index in [0.717, 1.165) is 12.0 Å². The van der Waals surface area contributed by atoms with Crippen LogP contribution in [0.15, 0.2) is 63.0 Å². The fraction of sp³-hybridized carbons (Fsp3) is 0.200. The molecule has 0 fully saturated rings. The van der Waals surface area contributed by atoms with Gasteiger partial charge in [0, 0.05) is 17.1 Å². The Morgan fingerprint density at radius 3 is 2.82 bits per heavy atom. The number of halogens is 1. The molecule has 0 bridgehead atoms. The highest BCUT2D eigenvalue weighted by molar-refractivity contribution is 7.98. The van der Waals surface area contributed by atoms with Gasteiger partial charge in [0.05, 0.1) is 16.7 Å². The van der Waals surface area contributed by atoms with Crippen molar-refractivity contribution < 1.29 is 4.52 Å². The molecule has 0 N–H and O–H groups in total. The van der Waals surface area contributed by atoms with Crippen molar-refractivity contribution in [1.82, 2.24) is 19.7 Å². The van der Waals surface area contributed by atoms with Crippen LogP contribution in [0.1, 0.15) is 19.2 Å². The quantitative estimate of drug-likeness (QED) is 0.334. The van der Waals surface area contributed by atoms with E-state index in [-0.39, 0.29) is 5.56 Å². The van der Waals surface area contributed by atoms with E-state index in [9.17, 15) is 4.79 Å². The van der Waals surface area contributed by atoms with E-state index in [4.69, 9.17) is 16.1 Å². The number of rotatable bonds is 6. The first-order valence-corrected chi connectivity index (χ1v) is 10.2. The van der Waals surface area contributed by atoms with Gasteiger partial charge in [0.2, 0.25) is 11.7 Å². The summed E-state index contributed by atoms with van der Waals surface area (Å²) in [6, 6.07) is 14.7. The highest BCUT2D eigenvalue weighted by Crippen LogP contribution is 2.24. The first kappa shape index (κ1) is 18.7. The van der Waals surface area contributed by atoms with Gasteiger partial charge in [0.25, 0.3) is 5.56 Å². The number of benzene rings is 2. The summed E-state index contributed by atoms with van der Waals surface area (Å²) in [5, 5.41) is 5.90. The summed E-state index contributed by atoms with van der Waals surface area (Å²) in [7, 11) is 0. The minimum atomic E-state index is -0.0277. The first-order valence-electron chi connectivity index (χ1n) is 8.86. The molecule has 2 heterocycles. The van der Waals surface area contributed by atoms with Gasteiger partial charge in [-0.25, -0.2) is 4.98 Å². The normalized spacial score (nSPS) is 11.2. The maximum atomic E-state index is 12.8. The van der Waals surface area contributed by atoms with Crippen LogP contribution < -0.4 is 5.56 Å². The van der Waals surface area contributed by atoms with Crippen molar-refractivity contribution in [2.24, 2.45) is 0 Å². The van der Waals surface area contributed by atoms with Crippen molar-refractivity contribution >= 4 is 34.3 Å². The number of para-hydroxylation sites is 1. The first-order chi connectivity index (χ1) is 13.7. The average molecular weight is 413 g/mol. The van der Waals surface area contributed by atoms with Crippen LogP contribution in [0.2, 0.25) is 5.02 Å². The zero-order chi connectivity index (χ0) is 19.5. The SMILES string of the molecule is CCCn1c(SCc2nc(-c3cccc(Cl)c3)no2)nc2ccccc2c1=O. The lowest BCUT2D eigenvalue weighted by Gasteiger charge is -2.11. The van der Waals surface area contributed by atoms with Crippen molar-refractivity contribution in [2.45, 2.75) is 30.8 Å². The minimum Gasteiger partial charge on any atom is -0.338 e. The predicted molar refractivity (Wildman–Crippen MR) is 111 cm³/mol. The van der Waals surface area contributed by atoms with Gasteiger partial charge >= 0.3 is 0 Å². The highest BCUT2D eigenvalue weighted by atomic mass is 35.5. The van der Waals surface area contributed by atoms with Gasteiger partial charge < -0.3 is 4.52 Å². The molecule has 4 aromatic rings. The summed E-state index contributed by atoms with van der Waals surface area (Å²) in [5.74, 6) is 1.36. The molecule has 2 aromatic heterocycles. The lowest BCUT2D eigenvalue weighted by atomic mass is 10.2. The highest BCUT2D eigenvalue weighted by Gasteiger charge is 2.14. The predicted octanol–water partition coefficient (Wildman–Crippen LogP) is 4.80. The molecule has 0 aliphatic rings. The van der Waals surface area contributed by atoms with Gasteiger partial charge in [-0.05, 0) is 30.7 Å². The third kappa shape index (κ3) is 3.81. The van der Waals surface area contributed by atoms with Crippen LogP contribution in [0.5, 0.6) is 0 Å². The molecule has 0 amide bonds. The standard InChI is InChI=1S/C20H17ClN4O2S/c1-2-10-25-19(26)15-8-3-4-9-16(15)22-20(25)28-12-17-23-18(24-27-17)13-6-5-7-14(21)11-13/h3-9,11H,2,10,12H2,1H3. The van der Waals surface area contributed by atoms with Crippen LogP contribution in [-0.2, 0) is 12.3 Å². The van der Waals surface area contributed by atoms with Crippen LogP contribution >= 0.6 is 23.4 Å². The molecule has 2 aromatic carbocycles. The lowest BCUT2D eigenvalue weighted by Crippen LogP contribution is -2.23. The van der Waals surface area contributed by atoms with E-state index in [1.54, 1.807) is 22.8 Å². The number of nitrogens with zero attached hydrogens (tertiary/aromatic N) is 4. The van der Waals surface area contributed by atoms with E-state index >= 15 is 0 Å². The van der Waals surface area contributed by atoms with E-state index in [1.165, 1.54) is 11.8 Å². The zero-order valence-corrected chi connectivity index (χ0v) is 16.7. The topological polar surface area (TPSA) is 73.8 Å². The number of fused-ring (bicyclic) bond motifs is 1. The molecule has 4 rings (SSSR count). The third-order valence-corrected chi connectivity index (χ3v) is 5.35. The second-order valence-electron chi connectivity index (χ2n) is 6.18. The van der Waals surface area contributed by atoms with Gasteiger partial charge in [0.1, 0.15) is 0 Å².